The van der Waals surface area contributed by atoms with Crippen molar-refractivity contribution in [1.82, 2.24) is 5.32 Å². The molecule has 0 saturated heterocycles. The molecule has 0 aromatic heterocycles. The van der Waals surface area contributed by atoms with Gasteiger partial charge >= 0.3 is 0 Å². The highest BCUT2D eigenvalue weighted by atomic mass is 16.5. The molecule has 1 N–H and O–H groups in total. The fourth-order valence-corrected chi connectivity index (χ4v) is 2.86. The summed E-state index contributed by atoms with van der Waals surface area (Å²) in [5.41, 5.74) is 1.94. The van der Waals surface area contributed by atoms with Gasteiger partial charge in [0.25, 0.3) is 0 Å². The standard InChI is InChI=1S/C16H25NO/c1-13(2)18-15-7-5-14(6-8-15)11-16(12-17-3)9-4-10-16/h5-8,13,17H,4,9-12H2,1-3H3. The number of hydrogen-bond donors (Lipinski definition) is 1. The lowest BCUT2D eigenvalue weighted by Crippen LogP contribution is -2.40. The fourth-order valence-electron chi connectivity index (χ4n) is 2.86. The normalized spacial score (nSPS) is 17.6. The predicted octanol–water partition coefficient (Wildman–Crippen LogP) is 3.41. The third kappa shape index (κ3) is 3.26. The second-order valence-electron chi connectivity index (χ2n) is 5.87. The van der Waals surface area contributed by atoms with Crippen LogP contribution in [0.4, 0.5) is 0 Å². The Bertz CT molecular complexity index is 365. The van der Waals surface area contributed by atoms with Crippen LogP contribution in [-0.2, 0) is 6.42 Å². The molecule has 0 amide bonds. The van der Waals surface area contributed by atoms with E-state index in [1.807, 2.05) is 0 Å². The lowest BCUT2D eigenvalue weighted by atomic mass is 9.65. The third-order valence-corrected chi connectivity index (χ3v) is 3.84. The average Bonchev–Trinajstić information content (AvgIpc) is 2.28. The maximum Gasteiger partial charge on any atom is 0.119 e. The minimum Gasteiger partial charge on any atom is -0.491 e. The smallest absolute Gasteiger partial charge is 0.119 e. The summed E-state index contributed by atoms with van der Waals surface area (Å²) >= 11 is 0. The summed E-state index contributed by atoms with van der Waals surface area (Å²) in [7, 11) is 2.06. The maximum atomic E-state index is 5.67. The van der Waals surface area contributed by atoms with Crippen molar-refractivity contribution in [3.05, 3.63) is 29.8 Å². The summed E-state index contributed by atoms with van der Waals surface area (Å²) in [6.45, 7) is 5.26. The van der Waals surface area contributed by atoms with Crippen molar-refractivity contribution in [3.63, 3.8) is 0 Å². The molecule has 18 heavy (non-hydrogen) atoms. The molecule has 0 atom stereocenters. The molecule has 1 saturated carbocycles. The largest absolute Gasteiger partial charge is 0.491 e. The van der Waals surface area contributed by atoms with Gasteiger partial charge in [-0.3, -0.25) is 0 Å². The molecular weight excluding hydrogens is 222 g/mol. The van der Waals surface area contributed by atoms with Gasteiger partial charge < -0.3 is 10.1 Å². The Labute approximate surface area is 111 Å². The molecule has 2 heteroatoms. The second kappa shape index (κ2) is 5.75. The van der Waals surface area contributed by atoms with Crippen molar-refractivity contribution >= 4 is 0 Å². The van der Waals surface area contributed by atoms with E-state index < -0.39 is 0 Å². The van der Waals surface area contributed by atoms with Gasteiger partial charge in [0.2, 0.25) is 0 Å². The van der Waals surface area contributed by atoms with Crippen molar-refractivity contribution in [2.24, 2.45) is 5.41 Å². The molecule has 1 aromatic carbocycles. The van der Waals surface area contributed by atoms with Crippen molar-refractivity contribution in [3.8, 4) is 5.75 Å². The van der Waals surface area contributed by atoms with E-state index in [0.717, 1.165) is 12.3 Å². The number of nitrogens with one attached hydrogen (secondary N) is 1. The monoisotopic (exact) mass is 247 g/mol. The van der Waals surface area contributed by atoms with Gasteiger partial charge in [0, 0.05) is 6.54 Å². The highest BCUT2D eigenvalue weighted by Crippen LogP contribution is 2.43. The molecule has 1 fully saturated rings. The van der Waals surface area contributed by atoms with Crippen LogP contribution >= 0.6 is 0 Å². The number of ether oxygens (including phenoxy) is 1. The van der Waals surface area contributed by atoms with Crippen LogP contribution in [0.2, 0.25) is 0 Å². The first-order valence-electron chi connectivity index (χ1n) is 7.04. The van der Waals surface area contributed by atoms with Crippen molar-refractivity contribution in [1.29, 1.82) is 0 Å². The summed E-state index contributed by atoms with van der Waals surface area (Å²) in [6, 6.07) is 8.63. The summed E-state index contributed by atoms with van der Waals surface area (Å²) in [6.07, 6.45) is 5.54. The van der Waals surface area contributed by atoms with Gasteiger partial charge in [-0.25, -0.2) is 0 Å². The molecule has 1 aromatic rings. The van der Waals surface area contributed by atoms with Gasteiger partial charge in [0.1, 0.15) is 5.75 Å². The Morgan fingerprint density at radius 3 is 2.33 bits per heavy atom. The predicted molar refractivity (Wildman–Crippen MR) is 76.1 cm³/mol. The van der Waals surface area contributed by atoms with E-state index in [2.05, 4.69) is 50.5 Å². The average molecular weight is 247 g/mol. The zero-order valence-electron chi connectivity index (χ0n) is 11.8. The molecule has 0 spiro atoms. The van der Waals surface area contributed by atoms with E-state index in [4.69, 9.17) is 4.74 Å². The first-order chi connectivity index (χ1) is 8.63. The summed E-state index contributed by atoms with van der Waals surface area (Å²) < 4.78 is 5.67. The van der Waals surface area contributed by atoms with Gasteiger partial charge in [0.15, 0.2) is 0 Å². The Morgan fingerprint density at radius 2 is 1.89 bits per heavy atom. The van der Waals surface area contributed by atoms with Gasteiger partial charge in [0.05, 0.1) is 6.10 Å². The van der Waals surface area contributed by atoms with Crippen LogP contribution in [0.5, 0.6) is 5.75 Å². The maximum absolute atomic E-state index is 5.67. The first-order valence-corrected chi connectivity index (χ1v) is 7.04. The quantitative estimate of drug-likeness (QED) is 0.832. The van der Waals surface area contributed by atoms with Crippen LogP contribution in [0.15, 0.2) is 24.3 Å². The van der Waals surface area contributed by atoms with Crippen LogP contribution in [0.1, 0.15) is 38.7 Å². The highest BCUT2D eigenvalue weighted by Gasteiger charge is 2.36. The molecule has 1 aliphatic rings. The Hall–Kier alpha value is -1.02. The Morgan fingerprint density at radius 1 is 1.22 bits per heavy atom. The molecule has 0 heterocycles. The van der Waals surface area contributed by atoms with E-state index in [1.54, 1.807) is 0 Å². The van der Waals surface area contributed by atoms with Gasteiger partial charge in [-0.2, -0.15) is 0 Å². The zero-order valence-corrected chi connectivity index (χ0v) is 11.8. The molecule has 0 aliphatic heterocycles. The van der Waals surface area contributed by atoms with Crippen molar-refractivity contribution < 1.29 is 4.74 Å². The number of benzene rings is 1. The molecule has 0 unspecified atom stereocenters. The van der Waals surface area contributed by atoms with Gasteiger partial charge in [-0.05, 0) is 63.3 Å². The van der Waals surface area contributed by atoms with Crippen LogP contribution in [0.25, 0.3) is 0 Å². The lowest BCUT2D eigenvalue weighted by molar-refractivity contribution is 0.133. The van der Waals surface area contributed by atoms with Gasteiger partial charge in [-0.1, -0.05) is 18.6 Å². The second-order valence-corrected chi connectivity index (χ2v) is 5.87. The van der Waals surface area contributed by atoms with E-state index in [-0.39, 0.29) is 6.10 Å². The van der Waals surface area contributed by atoms with Crippen LogP contribution in [-0.4, -0.2) is 19.7 Å². The van der Waals surface area contributed by atoms with Crippen LogP contribution < -0.4 is 10.1 Å². The Kier molecular flexibility index (Phi) is 4.28. The molecular formula is C16H25NO. The molecule has 100 valence electrons. The number of rotatable bonds is 6. The lowest BCUT2D eigenvalue weighted by Gasteiger charge is -2.42. The fraction of sp³-hybridized carbons (Fsp3) is 0.625. The topological polar surface area (TPSA) is 21.3 Å². The summed E-state index contributed by atoms with van der Waals surface area (Å²) in [4.78, 5) is 0. The minimum atomic E-state index is 0.248. The van der Waals surface area contributed by atoms with Crippen molar-refractivity contribution in [2.45, 2.75) is 45.6 Å². The van der Waals surface area contributed by atoms with E-state index >= 15 is 0 Å². The van der Waals surface area contributed by atoms with E-state index in [0.29, 0.717) is 5.41 Å². The number of hydrogen-bond acceptors (Lipinski definition) is 2. The van der Waals surface area contributed by atoms with E-state index in [9.17, 15) is 0 Å². The van der Waals surface area contributed by atoms with Crippen molar-refractivity contribution in [2.75, 3.05) is 13.6 Å². The SMILES string of the molecule is CNCC1(Cc2ccc(OC(C)C)cc2)CCC1. The Balaban J connectivity index is 1.97. The van der Waals surface area contributed by atoms with Crippen LogP contribution in [0.3, 0.4) is 0 Å². The summed E-state index contributed by atoms with van der Waals surface area (Å²) in [5, 5.41) is 3.34. The molecule has 2 rings (SSSR count). The molecule has 1 aliphatic carbocycles. The third-order valence-electron chi connectivity index (χ3n) is 3.84. The zero-order chi connectivity index (χ0) is 13.0. The molecule has 2 nitrogen and oxygen atoms in total. The molecule has 0 radical (unpaired) electrons. The highest BCUT2D eigenvalue weighted by molar-refractivity contribution is 5.28. The minimum absolute atomic E-state index is 0.248. The summed E-state index contributed by atoms with van der Waals surface area (Å²) in [5.74, 6) is 0.977. The first kappa shape index (κ1) is 13.4. The van der Waals surface area contributed by atoms with E-state index in [1.165, 1.54) is 31.2 Å². The van der Waals surface area contributed by atoms with Gasteiger partial charge in [-0.15, -0.1) is 0 Å². The van der Waals surface area contributed by atoms with Crippen LogP contribution in [0, 0.1) is 5.41 Å². The molecule has 0 bridgehead atoms.